The topological polar surface area (TPSA) is 40.5 Å². The molecule has 0 spiro atoms. The highest BCUT2D eigenvalue weighted by Crippen LogP contribution is 2.17. The van der Waals surface area contributed by atoms with Crippen molar-refractivity contribution in [2.24, 2.45) is 0 Å². The fourth-order valence-corrected chi connectivity index (χ4v) is 1.83. The summed E-state index contributed by atoms with van der Waals surface area (Å²) < 4.78 is 0. The predicted octanol–water partition coefficient (Wildman–Crippen LogP) is 2.03. The lowest BCUT2D eigenvalue weighted by molar-refractivity contribution is -0.124. The van der Waals surface area contributed by atoms with Gasteiger partial charge in [-0.25, -0.2) is 0 Å². The summed E-state index contributed by atoms with van der Waals surface area (Å²) in [6.07, 6.45) is 5.38. The van der Waals surface area contributed by atoms with Gasteiger partial charge in [-0.3, -0.25) is 4.79 Å². The van der Waals surface area contributed by atoms with Gasteiger partial charge in [0.25, 0.3) is 0 Å². The summed E-state index contributed by atoms with van der Waals surface area (Å²) in [6, 6.07) is 6.98. The van der Waals surface area contributed by atoms with Gasteiger partial charge in [0.2, 0.25) is 5.91 Å². The summed E-state index contributed by atoms with van der Waals surface area (Å²) in [7, 11) is 0. The van der Waals surface area contributed by atoms with Crippen LogP contribution in [0.2, 0.25) is 0 Å². The zero-order valence-corrected chi connectivity index (χ0v) is 9.10. The van der Waals surface area contributed by atoms with Gasteiger partial charge in [0, 0.05) is 24.7 Å². The molecule has 1 fully saturated rings. The lowest BCUT2D eigenvalue weighted by Gasteiger charge is -2.11. The van der Waals surface area contributed by atoms with E-state index < -0.39 is 0 Å². The maximum Gasteiger partial charge on any atom is 0.246 e. The monoisotopic (exact) mass is 217 g/mol. The maximum atomic E-state index is 11.7. The van der Waals surface area contributed by atoms with Crippen LogP contribution in [0.1, 0.15) is 18.4 Å². The highest BCUT2D eigenvalue weighted by molar-refractivity contribution is 5.92. The van der Waals surface area contributed by atoms with Crippen molar-refractivity contribution < 1.29 is 9.90 Å². The molecule has 0 radical (unpaired) electrons. The Morgan fingerprint density at radius 3 is 2.62 bits per heavy atom. The molecule has 16 heavy (non-hydrogen) atoms. The van der Waals surface area contributed by atoms with Gasteiger partial charge >= 0.3 is 0 Å². The van der Waals surface area contributed by atoms with E-state index in [1.807, 2.05) is 11.0 Å². The van der Waals surface area contributed by atoms with E-state index in [0.29, 0.717) is 5.56 Å². The Kier molecular flexibility index (Phi) is 3.25. The van der Waals surface area contributed by atoms with Crippen LogP contribution in [-0.4, -0.2) is 29.0 Å². The van der Waals surface area contributed by atoms with Crippen LogP contribution in [0.15, 0.2) is 30.3 Å². The minimum Gasteiger partial charge on any atom is -0.507 e. The molecule has 1 aliphatic heterocycles. The quantitative estimate of drug-likeness (QED) is 0.770. The number of amides is 1. The van der Waals surface area contributed by atoms with Crippen molar-refractivity contribution in [3.05, 3.63) is 35.9 Å². The summed E-state index contributed by atoms with van der Waals surface area (Å²) in [5, 5.41) is 9.51. The van der Waals surface area contributed by atoms with Crippen LogP contribution < -0.4 is 0 Å². The lowest BCUT2D eigenvalue weighted by atomic mass is 10.2. The third-order valence-electron chi connectivity index (χ3n) is 2.76. The number of likely N-dealkylation sites (tertiary alicyclic amines) is 1. The van der Waals surface area contributed by atoms with E-state index in [9.17, 15) is 9.90 Å². The molecule has 0 aliphatic carbocycles. The number of para-hydroxylation sites is 1. The number of carbonyl (C=O) groups excluding carboxylic acids is 1. The SMILES string of the molecule is O=C(/C=C/c1ccccc1O)N1CCCC1. The molecule has 1 aliphatic rings. The molecule has 0 unspecified atom stereocenters. The number of aromatic hydroxyl groups is 1. The van der Waals surface area contributed by atoms with Gasteiger partial charge in [0.05, 0.1) is 0 Å². The van der Waals surface area contributed by atoms with Crippen molar-refractivity contribution in [2.45, 2.75) is 12.8 Å². The molecular weight excluding hydrogens is 202 g/mol. The van der Waals surface area contributed by atoms with Gasteiger partial charge in [-0.15, -0.1) is 0 Å². The van der Waals surface area contributed by atoms with E-state index in [4.69, 9.17) is 0 Å². The fraction of sp³-hybridized carbons (Fsp3) is 0.308. The average Bonchev–Trinajstić information content (AvgIpc) is 2.81. The Balaban J connectivity index is 2.03. The highest BCUT2D eigenvalue weighted by Gasteiger charge is 2.14. The van der Waals surface area contributed by atoms with E-state index in [2.05, 4.69) is 0 Å². The third kappa shape index (κ3) is 2.42. The van der Waals surface area contributed by atoms with Gasteiger partial charge in [-0.2, -0.15) is 0 Å². The molecule has 0 bridgehead atoms. The molecule has 1 N–H and O–H groups in total. The molecule has 0 atom stereocenters. The van der Waals surface area contributed by atoms with Gasteiger partial charge in [-0.05, 0) is 25.0 Å². The van der Waals surface area contributed by atoms with E-state index in [-0.39, 0.29) is 11.7 Å². The van der Waals surface area contributed by atoms with Crippen molar-refractivity contribution in [3.63, 3.8) is 0 Å². The summed E-state index contributed by atoms with van der Waals surface area (Å²) in [6.45, 7) is 1.70. The molecule has 1 aromatic carbocycles. The number of rotatable bonds is 2. The summed E-state index contributed by atoms with van der Waals surface area (Å²) in [5.74, 6) is 0.230. The van der Waals surface area contributed by atoms with Gasteiger partial charge in [0.15, 0.2) is 0 Å². The standard InChI is InChI=1S/C13H15NO2/c15-12-6-2-1-5-11(12)7-8-13(16)14-9-3-4-10-14/h1-2,5-8,15H,3-4,9-10H2/b8-7+. The second-order valence-corrected chi connectivity index (χ2v) is 3.92. The van der Waals surface area contributed by atoms with Gasteiger partial charge in [0.1, 0.15) is 5.75 Å². The smallest absolute Gasteiger partial charge is 0.246 e. The molecule has 2 rings (SSSR count). The highest BCUT2D eigenvalue weighted by atomic mass is 16.3. The minimum absolute atomic E-state index is 0.0285. The van der Waals surface area contributed by atoms with E-state index in [0.717, 1.165) is 25.9 Å². The summed E-state index contributed by atoms with van der Waals surface area (Å²) >= 11 is 0. The number of hydrogen-bond acceptors (Lipinski definition) is 2. The molecule has 1 saturated heterocycles. The number of phenolic OH excluding ortho intramolecular Hbond substituents is 1. The molecule has 0 aromatic heterocycles. The van der Waals surface area contributed by atoms with E-state index >= 15 is 0 Å². The van der Waals surface area contributed by atoms with Crippen LogP contribution in [0.5, 0.6) is 5.75 Å². The third-order valence-corrected chi connectivity index (χ3v) is 2.76. The summed E-state index contributed by atoms with van der Waals surface area (Å²) in [4.78, 5) is 13.5. The van der Waals surface area contributed by atoms with Gasteiger partial charge in [-0.1, -0.05) is 18.2 Å². The van der Waals surface area contributed by atoms with Crippen LogP contribution in [0.25, 0.3) is 6.08 Å². The second-order valence-electron chi connectivity index (χ2n) is 3.92. The zero-order valence-electron chi connectivity index (χ0n) is 9.10. The van der Waals surface area contributed by atoms with Crippen LogP contribution in [0, 0.1) is 0 Å². The minimum atomic E-state index is 0.0285. The average molecular weight is 217 g/mol. The van der Waals surface area contributed by atoms with Crippen molar-refractivity contribution in [2.75, 3.05) is 13.1 Å². The molecule has 1 heterocycles. The van der Waals surface area contributed by atoms with Crippen LogP contribution >= 0.6 is 0 Å². The van der Waals surface area contributed by atoms with Crippen molar-refractivity contribution in [3.8, 4) is 5.75 Å². The van der Waals surface area contributed by atoms with Crippen LogP contribution in [0.4, 0.5) is 0 Å². The van der Waals surface area contributed by atoms with E-state index in [1.165, 1.54) is 6.08 Å². The number of carbonyl (C=O) groups is 1. The Morgan fingerprint density at radius 1 is 1.25 bits per heavy atom. The normalized spacial score (nSPS) is 15.9. The number of phenols is 1. The first-order valence-electron chi connectivity index (χ1n) is 5.52. The number of benzene rings is 1. The zero-order chi connectivity index (χ0) is 11.4. The largest absolute Gasteiger partial charge is 0.507 e. The molecule has 0 saturated carbocycles. The molecule has 3 heteroatoms. The lowest BCUT2D eigenvalue weighted by Crippen LogP contribution is -2.25. The molecule has 3 nitrogen and oxygen atoms in total. The molecular formula is C13H15NO2. The van der Waals surface area contributed by atoms with Crippen molar-refractivity contribution >= 4 is 12.0 Å². The first-order chi connectivity index (χ1) is 7.77. The predicted molar refractivity (Wildman–Crippen MR) is 63.0 cm³/mol. The van der Waals surface area contributed by atoms with Crippen LogP contribution in [-0.2, 0) is 4.79 Å². The Labute approximate surface area is 95.0 Å². The van der Waals surface area contributed by atoms with Crippen molar-refractivity contribution in [1.82, 2.24) is 4.90 Å². The van der Waals surface area contributed by atoms with Crippen LogP contribution in [0.3, 0.4) is 0 Å². The molecule has 1 amide bonds. The summed E-state index contributed by atoms with van der Waals surface area (Å²) in [5.41, 5.74) is 0.676. The fourth-order valence-electron chi connectivity index (χ4n) is 1.83. The number of hydrogen-bond donors (Lipinski definition) is 1. The molecule has 1 aromatic rings. The maximum absolute atomic E-state index is 11.7. The number of nitrogens with zero attached hydrogens (tertiary/aromatic N) is 1. The van der Waals surface area contributed by atoms with Gasteiger partial charge < -0.3 is 10.0 Å². The van der Waals surface area contributed by atoms with Crippen molar-refractivity contribution in [1.29, 1.82) is 0 Å². The Morgan fingerprint density at radius 2 is 1.94 bits per heavy atom. The van der Waals surface area contributed by atoms with E-state index in [1.54, 1.807) is 24.3 Å². The molecule has 84 valence electrons. The first kappa shape index (κ1) is 10.7. The Hall–Kier alpha value is -1.77. The Bertz CT molecular complexity index is 406. The second kappa shape index (κ2) is 4.84. The first-order valence-corrected chi connectivity index (χ1v) is 5.52.